The number of nitrogens with zero attached hydrogens (tertiary/aromatic N) is 1. The predicted molar refractivity (Wildman–Crippen MR) is 139 cm³/mol. The highest BCUT2D eigenvalue weighted by Crippen LogP contribution is 2.21. The predicted octanol–water partition coefficient (Wildman–Crippen LogP) is 5.60. The first kappa shape index (κ1) is 25.5. The van der Waals surface area contributed by atoms with Crippen LogP contribution in [0.3, 0.4) is 0 Å². The monoisotopic (exact) mass is 476 g/mol. The van der Waals surface area contributed by atoms with Gasteiger partial charge in [0, 0.05) is 24.5 Å². The van der Waals surface area contributed by atoms with Gasteiger partial charge in [0.25, 0.3) is 0 Å². The van der Waals surface area contributed by atoms with Crippen LogP contribution in [0.2, 0.25) is 5.02 Å². The summed E-state index contributed by atoms with van der Waals surface area (Å²) in [5, 5.41) is 3.61. The molecule has 5 heteroatoms. The number of carbonyl (C=O) groups excluding carboxylic acids is 2. The lowest BCUT2D eigenvalue weighted by atomic mass is 10.00. The number of carbonyl (C=O) groups is 2. The van der Waals surface area contributed by atoms with Crippen LogP contribution in [0.5, 0.6) is 0 Å². The van der Waals surface area contributed by atoms with Crippen molar-refractivity contribution in [2.45, 2.75) is 46.2 Å². The van der Waals surface area contributed by atoms with Gasteiger partial charge in [0.05, 0.1) is 6.42 Å². The second-order valence-electron chi connectivity index (χ2n) is 9.06. The largest absolute Gasteiger partial charge is 0.354 e. The molecule has 1 N–H and O–H groups in total. The van der Waals surface area contributed by atoms with Crippen LogP contribution in [0.15, 0.2) is 78.9 Å². The third-order valence-corrected chi connectivity index (χ3v) is 6.23. The maximum atomic E-state index is 13.7. The van der Waals surface area contributed by atoms with Crippen molar-refractivity contribution in [1.82, 2.24) is 10.2 Å². The van der Waals surface area contributed by atoms with Crippen LogP contribution < -0.4 is 5.32 Å². The molecule has 1 unspecified atom stereocenters. The minimum absolute atomic E-state index is 0.128. The number of amides is 2. The smallest absolute Gasteiger partial charge is 0.243 e. The number of hydrogen-bond donors (Lipinski definition) is 1. The Bertz CT molecular complexity index is 1100. The lowest BCUT2D eigenvalue weighted by molar-refractivity contribution is -0.140. The van der Waals surface area contributed by atoms with Crippen LogP contribution in [-0.2, 0) is 29.0 Å². The van der Waals surface area contributed by atoms with E-state index in [1.165, 1.54) is 0 Å². The van der Waals surface area contributed by atoms with Crippen molar-refractivity contribution in [2.24, 2.45) is 5.92 Å². The highest BCUT2D eigenvalue weighted by molar-refractivity contribution is 6.31. The molecular formula is C29H33ClN2O2. The SMILES string of the molecule is Cc1ccccc1CN(C(=O)Cc1ccccc1Cl)C(Cc1ccccc1)C(=O)NCC(C)C. The van der Waals surface area contributed by atoms with Gasteiger partial charge < -0.3 is 10.2 Å². The van der Waals surface area contributed by atoms with Gasteiger partial charge in [-0.3, -0.25) is 9.59 Å². The van der Waals surface area contributed by atoms with Crippen molar-refractivity contribution in [2.75, 3.05) is 6.54 Å². The molecule has 178 valence electrons. The molecule has 0 heterocycles. The van der Waals surface area contributed by atoms with Gasteiger partial charge in [-0.1, -0.05) is 98.2 Å². The average molecular weight is 477 g/mol. The molecule has 0 fully saturated rings. The lowest BCUT2D eigenvalue weighted by Gasteiger charge is -2.32. The van der Waals surface area contributed by atoms with Crippen LogP contribution >= 0.6 is 11.6 Å². The topological polar surface area (TPSA) is 49.4 Å². The zero-order valence-corrected chi connectivity index (χ0v) is 20.9. The molecule has 1 atom stereocenters. The van der Waals surface area contributed by atoms with E-state index in [4.69, 9.17) is 11.6 Å². The molecular weight excluding hydrogens is 444 g/mol. The molecule has 2 amide bonds. The van der Waals surface area contributed by atoms with E-state index in [-0.39, 0.29) is 18.2 Å². The van der Waals surface area contributed by atoms with Crippen molar-refractivity contribution in [3.05, 3.63) is 106 Å². The number of benzene rings is 3. The van der Waals surface area contributed by atoms with E-state index in [2.05, 4.69) is 19.2 Å². The summed E-state index contributed by atoms with van der Waals surface area (Å²) in [5.74, 6) is 0.0422. The number of rotatable bonds is 10. The van der Waals surface area contributed by atoms with Gasteiger partial charge in [-0.05, 0) is 41.2 Å². The maximum Gasteiger partial charge on any atom is 0.243 e. The van der Waals surface area contributed by atoms with E-state index in [0.29, 0.717) is 30.5 Å². The lowest BCUT2D eigenvalue weighted by Crippen LogP contribution is -2.51. The Kier molecular flexibility index (Phi) is 9.29. The Balaban J connectivity index is 1.98. The number of aryl methyl sites for hydroxylation is 1. The molecule has 34 heavy (non-hydrogen) atoms. The van der Waals surface area contributed by atoms with Crippen LogP contribution in [0, 0.1) is 12.8 Å². The molecule has 0 bridgehead atoms. The van der Waals surface area contributed by atoms with Crippen LogP contribution in [0.1, 0.15) is 36.1 Å². The second-order valence-corrected chi connectivity index (χ2v) is 9.47. The summed E-state index contributed by atoms with van der Waals surface area (Å²) in [6.07, 6.45) is 0.569. The van der Waals surface area contributed by atoms with Gasteiger partial charge in [-0.2, -0.15) is 0 Å². The minimum Gasteiger partial charge on any atom is -0.354 e. The Morgan fingerprint density at radius 2 is 1.50 bits per heavy atom. The van der Waals surface area contributed by atoms with Crippen LogP contribution in [0.25, 0.3) is 0 Å². The van der Waals surface area contributed by atoms with E-state index >= 15 is 0 Å². The summed E-state index contributed by atoms with van der Waals surface area (Å²) in [5.41, 5.74) is 3.86. The van der Waals surface area contributed by atoms with Gasteiger partial charge in [-0.25, -0.2) is 0 Å². The quantitative estimate of drug-likeness (QED) is 0.414. The van der Waals surface area contributed by atoms with Crippen LogP contribution in [0.4, 0.5) is 0 Å². The van der Waals surface area contributed by atoms with Gasteiger partial charge in [0.15, 0.2) is 0 Å². The van der Waals surface area contributed by atoms with E-state index in [1.54, 1.807) is 11.0 Å². The highest BCUT2D eigenvalue weighted by atomic mass is 35.5. The van der Waals surface area contributed by atoms with Crippen molar-refractivity contribution >= 4 is 23.4 Å². The van der Waals surface area contributed by atoms with E-state index < -0.39 is 6.04 Å². The molecule has 0 saturated carbocycles. The molecule has 0 aliphatic rings. The number of nitrogens with one attached hydrogen (secondary N) is 1. The van der Waals surface area contributed by atoms with Gasteiger partial charge in [0.2, 0.25) is 11.8 Å². The van der Waals surface area contributed by atoms with E-state index in [9.17, 15) is 9.59 Å². The molecule has 3 rings (SSSR count). The first-order valence-corrected chi connectivity index (χ1v) is 12.1. The second kappa shape index (κ2) is 12.4. The van der Waals surface area contributed by atoms with Gasteiger partial charge >= 0.3 is 0 Å². The Hall–Kier alpha value is -3.11. The zero-order valence-electron chi connectivity index (χ0n) is 20.1. The first-order valence-electron chi connectivity index (χ1n) is 11.7. The van der Waals surface area contributed by atoms with Gasteiger partial charge in [-0.15, -0.1) is 0 Å². The number of halogens is 1. The Morgan fingerprint density at radius 1 is 0.882 bits per heavy atom. The first-order chi connectivity index (χ1) is 16.3. The van der Waals surface area contributed by atoms with Gasteiger partial charge in [0.1, 0.15) is 6.04 Å². The maximum absolute atomic E-state index is 13.7. The number of hydrogen-bond acceptors (Lipinski definition) is 2. The van der Waals surface area contributed by atoms with Crippen molar-refractivity contribution < 1.29 is 9.59 Å². The Morgan fingerprint density at radius 3 is 2.15 bits per heavy atom. The third-order valence-electron chi connectivity index (χ3n) is 5.86. The third kappa shape index (κ3) is 7.19. The molecule has 0 aliphatic carbocycles. The molecule has 0 spiro atoms. The zero-order chi connectivity index (χ0) is 24.5. The molecule has 4 nitrogen and oxygen atoms in total. The fourth-order valence-electron chi connectivity index (χ4n) is 3.85. The Labute approximate surface area is 207 Å². The summed E-state index contributed by atoms with van der Waals surface area (Å²) in [4.78, 5) is 28.9. The molecule has 0 aromatic heterocycles. The summed E-state index contributed by atoms with van der Waals surface area (Å²) in [7, 11) is 0. The fraction of sp³-hybridized carbons (Fsp3) is 0.310. The molecule has 3 aromatic carbocycles. The molecule has 0 saturated heterocycles. The summed E-state index contributed by atoms with van der Waals surface area (Å²) < 4.78 is 0. The summed E-state index contributed by atoms with van der Waals surface area (Å²) >= 11 is 6.36. The normalized spacial score (nSPS) is 11.8. The molecule has 0 aliphatic heterocycles. The summed E-state index contributed by atoms with van der Waals surface area (Å²) in [6.45, 7) is 7.04. The molecule has 0 radical (unpaired) electrons. The highest BCUT2D eigenvalue weighted by Gasteiger charge is 2.31. The molecule has 3 aromatic rings. The van der Waals surface area contributed by atoms with Crippen molar-refractivity contribution in [3.63, 3.8) is 0 Å². The minimum atomic E-state index is -0.643. The van der Waals surface area contributed by atoms with Crippen molar-refractivity contribution in [3.8, 4) is 0 Å². The fourth-order valence-corrected chi connectivity index (χ4v) is 4.06. The van der Waals surface area contributed by atoms with Crippen molar-refractivity contribution in [1.29, 1.82) is 0 Å². The summed E-state index contributed by atoms with van der Waals surface area (Å²) in [6, 6.07) is 24.5. The van der Waals surface area contributed by atoms with E-state index in [0.717, 1.165) is 22.3 Å². The van der Waals surface area contributed by atoms with Crippen LogP contribution in [-0.4, -0.2) is 29.3 Å². The average Bonchev–Trinajstić information content (AvgIpc) is 2.83. The standard InChI is InChI=1S/C29H33ClN2O2/c1-21(2)19-31-29(34)27(17-23-12-5-4-6-13-23)32(20-25-15-8-7-11-22(25)3)28(33)18-24-14-9-10-16-26(24)30/h4-16,21,27H,17-20H2,1-3H3,(H,31,34). The van der Waals surface area contributed by atoms with E-state index in [1.807, 2.05) is 79.7 Å².